The molecule has 0 aromatic carbocycles. The Morgan fingerprint density at radius 1 is 1.54 bits per heavy atom. The fourth-order valence-corrected chi connectivity index (χ4v) is 1.71. The lowest BCUT2D eigenvalue weighted by atomic mass is 10.3. The van der Waals surface area contributed by atoms with E-state index in [2.05, 4.69) is 10.2 Å². The molecule has 1 saturated heterocycles. The second-order valence-electron chi connectivity index (χ2n) is 3.85. The Hall–Kier alpha value is -0.610. The first kappa shape index (κ1) is 8.97. The highest BCUT2D eigenvalue weighted by Gasteiger charge is 2.27. The summed E-state index contributed by atoms with van der Waals surface area (Å²) in [4.78, 5) is 12.6. The molecule has 0 unspecified atom stereocenters. The van der Waals surface area contributed by atoms with Crippen LogP contribution in [-0.4, -0.2) is 43.8 Å². The molecule has 13 heavy (non-hydrogen) atoms. The van der Waals surface area contributed by atoms with Crippen LogP contribution in [0.3, 0.4) is 0 Å². The Labute approximate surface area is 78.2 Å². The number of nitrogens with one attached hydrogen (secondary N) is 1. The molecule has 0 spiro atoms. The van der Waals surface area contributed by atoms with E-state index in [-0.39, 0.29) is 6.23 Å². The molecule has 1 saturated carbocycles. The molecule has 1 heterocycles. The number of carbonyl (C=O) groups excluding carboxylic acids is 1. The zero-order valence-electron chi connectivity index (χ0n) is 7.74. The average Bonchev–Trinajstić information content (AvgIpc) is 2.90. The van der Waals surface area contributed by atoms with Gasteiger partial charge in [-0.15, -0.1) is 0 Å². The fourth-order valence-electron chi connectivity index (χ4n) is 1.71. The van der Waals surface area contributed by atoms with Crippen LogP contribution in [-0.2, 0) is 9.53 Å². The van der Waals surface area contributed by atoms with Gasteiger partial charge in [0.2, 0.25) is 6.41 Å². The van der Waals surface area contributed by atoms with E-state index in [1.807, 2.05) is 0 Å². The van der Waals surface area contributed by atoms with Crippen LogP contribution in [0.4, 0.5) is 0 Å². The maximum atomic E-state index is 10.2. The van der Waals surface area contributed by atoms with Crippen molar-refractivity contribution in [2.45, 2.75) is 19.1 Å². The van der Waals surface area contributed by atoms with Crippen LogP contribution < -0.4 is 5.32 Å². The highest BCUT2D eigenvalue weighted by atomic mass is 16.5. The Kier molecular flexibility index (Phi) is 2.80. The van der Waals surface area contributed by atoms with Crippen molar-refractivity contribution in [1.29, 1.82) is 0 Å². The lowest BCUT2D eigenvalue weighted by Crippen LogP contribution is -2.49. The van der Waals surface area contributed by atoms with Gasteiger partial charge >= 0.3 is 0 Å². The van der Waals surface area contributed by atoms with Gasteiger partial charge in [-0.05, 0) is 18.8 Å². The van der Waals surface area contributed by atoms with Gasteiger partial charge in [0.1, 0.15) is 6.23 Å². The molecular formula is C9H16N2O2. The molecule has 0 aromatic heterocycles. The predicted molar refractivity (Wildman–Crippen MR) is 48.1 cm³/mol. The molecule has 1 N–H and O–H groups in total. The molecule has 2 rings (SSSR count). The van der Waals surface area contributed by atoms with E-state index in [0.717, 1.165) is 25.6 Å². The van der Waals surface area contributed by atoms with Crippen LogP contribution in [0.1, 0.15) is 12.8 Å². The van der Waals surface area contributed by atoms with Gasteiger partial charge in [-0.25, -0.2) is 0 Å². The van der Waals surface area contributed by atoms with Crippen LogP contribution in [0.5, 0.6) is 0 Å². The summed E-state index contributed by atoms with van der Waals surface area (Å²) < 4.78 is 5.37. The van der Waals surface area contributed by atoms with Crippen LogP contribution in [0, 0.1) is 5.92 Å². The van der Waals surface area contributed by atoms with Gasteiger partial charge in [0.15, 0.2) is 0 Å². The number of carbonyl (C=O) groups is 1. The van der Waals surface area contributed by atoms with Crippen molar-refractivity contribution >= 4 is 6.41 Å². The molecule has 1 aliphatic heterocycles. The fraction of sp³-hybridized carbons (Fsp3) is 0.889. The molecule has 1 aliphatic carbocycles. The predicted octanol–water partition coefficient (Wildman–Crippen LogP) is -0.199. The van der Waals surface area contributed by atoms with Gasteiger partial charge < -0.3 is 10.1 Å². The van der Waals surface area contributed by atoms with E-state index in [0.29, 0.717) is 6.41 Å². The summed E-state index contributed by atoms with van der Waals surface area (Å²) in [6.07, 6.45) is 3.38. The molecule has 0 radical (unpaired) electrons. The third kappa shape index (κ3) is 2.67. The number of ether oxygens (including phenoxy) is 1. The molecule has 0 bridgehead atoms. The molecule has 4 heteroatoms. The first-order valence-corrected chi connectivity index (χ1v) is 4.92. The smallest absolute Gasteiger partial charge is 0.209 e. The number of amides is 1. The van der Waals surface area contributed by atoms with E-state index in [9.17, 15) is 4.79 Å². The van der Waals surface area contributed by atoms with Gasteiger partial charge in [-0.1, -0.05) is 0 Å². The number of hydrogen-bond donors (Lipinski definition) is 1. The molecule has 1 atom stereocenters. The largest absolute Gasteiger partial charge is 0.356 e. The lowest BCUT2D eigenvalue weighted by molar-refractivity contribution is -0.116. The van der Waals surface area contributed by atoms with Crippen molar-refractivity contribution in [3.8, 4) is 0 Å². The van der Waals surface area contributed by atoms with Gasteiger partial charge in [-0.3, -0.25) is 9.69 Å². The average molecular weight is 184 g/mol. The summed E-state index contributed by atoms with van der Waals surface area (Å²) in [6, 6.07) is 0. The Balaban J connectivity index is 1.73. The summed E-state index contributed by atoms with van der Waals surface area (Å²) in [5.74, 6) is 0.912. The standard InChI is InChI=1S/C9H16N2O2/c12-7-10-9-6-11(3-4-13-9)5-8-1-2-8/h7-9H,1-6H2,(H,10,12)/t9-/m0/s1. The second-order valence-corrected chi connectivity index (χ2v) is 3.85. The van der Waals surface area contributed by atoms with E-state index in [1.54, 1.807) is 0 Å². The van der Waals surface area contributed by atoms with E-state index in [1.165, 1.54) is 19.4 Å². The van der Waals surface area contributed by atoms with Gasteiger partial charge in [0.05, 0.1) is 6.61 Å². The minimum absolute atomic E-state index is 0.0926. The van der Waals surface area contributed by atoms with Crippen LogP contribution in [0.25, 0.3) is 0 Å². The molecule has 2 fully saturated rings. The highest BCUT2D eigenvalue weighted by molar-refractivity contribution is 5.46. The van der Waals surface area contributed by atoms with Crippen molar-refractivity contribution in [2.75, 3.05) is 26.2 Å². The number of morpholine rings is 1. The third-order valence-electron chi connectivity index (χ3n) is 2.62. The SMILES string of the molecule is O=CN[C@@H]1CN(CC2CC2)CCO1. The number of hydrogen-bond acceptors (Lipinski definition) is 3. The zero-order valence-corrected chi connectivity index (χ0v) is 7.74. The summed E-state index contributed by atoms with van der Waals surface area (Å²) in [5, 5.41) is 2.66. The lowest BCUT2D eigenvalue weighted by Gasteiger charge is -2.32. The first-order chi connectivity index (χ1) is 6.38. The van der Waals surface area contributed by atoms with Crippen molar-refractivity contribution in [3.63, 3.8) is 0 Å². The first-order valence-electron chi connectivity index (χ1n) is 4.92. The van der Waals surface area contributed by atoms with Crippen LogP contribution in [0.15, 0.2) is 0 Å². The van der Waals surface area contributed by atoms with E-state index in [4.69, 9.17) is 4.74 Å². The molecule has 4 nitrogen and oxygen atoms in total. The second kappa shape index (κ2) is 4.07. The van der Waals surface area contributed by atoms with Crippen molar-refractivity contribution < 1.29 is 9.53 Å². The quantitative estimate of drug-likeness (QED) is 0.615. The van der Waals surface area contributed by atoms with Gasteiger partial charge in [0.25, 0.3) is 0 Å². The zero-order chi connectivity index (χ0) is 9.10. The normalized spacial score (nSPS) is 30.0. The third-order valence-corrected chi connectivity index (χ3v) is 2.62. The van der Waals surface area contributed by atoms with Crippen LogP contribution in [0.2, 0.25) is 0 Å². The molecule has 0 aromatic rings. The van der Waals surface area contributed by atoms with Crippen LogP contribution >= 0.6 is 0 Å². The Bertz CT molecular complexity index is 182. The molecule has 1 amide bonds. The monoisotopic (exact) mass is 184 g/mol. The Morgan fingerprint density at radius 3 is 3.08 bits per heavy atom. The minimum atomic E-state index is -0.0926. The van der Waals surface area contributed by atoms with Crippen molar-refractivity contribution in [3.05, 3.63) is 0 Å². The maximum Gasteiger partial charge on any atom is 0.209 e. The number of rotatable bonds is 4. The Morgan fingerprint density at radius 2 is 2.38 bits per heavy atom. The van der Waals surface area contributed by atoms with Crippen molar-refractivity contribution in [2.24, 2.45) is 5.92 Å². The molecule has 2 aliphatic rings. The maximum absolute atomic E-state index is 10.2. The summed E-state index contributed by atoms with van der Waals surface area (Å²) in [6.45, 7) is 3.77. The van der Waals surface area contributed by atoms with Crippen molar-refractivity contribution in [1.82, 2.24) is 10.2 Å². The molecular weight excluding hydrogens is 168 g/mol. The number of nitrogens with zero attached hydrogens (tertiary/aromatic N) is 1. The topological polar surface area (TPSA) is 41.6 Å². The van der Waals surface area contributed by atoms with Gasteiger partial charge in [-0.2, -0.15) is 0 Å². The van der Waals surface area contributed by atoms with E-state index >= 15 is 0 Å². The highest BCUT2D eigenvalue weighted by Crippen LogP contribution is 2.29. The summed E-state index contributed by atoms with van der Waals surface area (Å²) in [7, 11) is 0. The summed E-state index contributed by atoms with van der Waals surface area (Å²) >= 11 is 0. The summed E-state index contributed by atoms with van der Waals surface area (Å²) in [5.41, 5.74) is 0. The van der Waals surface area contributed by atoms with Gasteiger partial charge in [0, 0.05) is 19.6 Å². The molecule has 74 valence electrons. The minimum Gasteiger partial charge on any atom is -0.356 e. The van der Waals surface area contributed by atoms with E-state index < -0.39 is 0 Å².